The molecule has 0 saturated carbocycles. The molecule has 1 aliphatic heterocycles. The molecule has 34 heavy (non-hydrogen) atoms. The largest absolute Gasteiger partial charge is 0.491 e. The van der Waals surface area contributed by atoms with Crippen LogP contribution >= 0.6 is 11.3 Å². The molecule has 1 aromatic heterocycles. The van der Waals surface area contributed by atoms with Crippen LogP contribution in [0.15, 0.2) is 29.6 Å². The monoisotopic (exact) mass is 488 g/mol. The highest BCUT2D eigenvalue weighted by Gasteiger charge is 2.33. The molecule has 1 amide bonds. The topological polar surface area (TPSA) is 62.2 Å². The molecule has 0 saturated heterocycles. The molecular weight excluding hydrogens is 448 g/mol. The Kier molecular flexibility index (Phi) is 9.95. The molecule has 1 aliphatic rings. The third-order valence-corrected chi connectivity index (χ3v) is 7.13. The fourth-order valence-electron chi connectivity index (χ4n) is 4.49. The number of aliphatic hydroxyl groups excluding tert-OH is 1. The molecule has 0 bridgehead atoms. The molecule has 1 aromatic carbocycles. The van der Waals surface area contributed by atoms with Gasteiger partial charge >= 0.3 is 0 Å². The standard InChI is InChI=1S/C27H40N2O4S/c1-6-11-28(15-22(30)17-32-19(2)3)16-27(31)29-12-9-26-23(10-13-34-26)24(29)18-33-25-8-7-20(4)14-21(25)5/h7-8,10,13-14,19,22,24,30H,6,9,11-12,15-18H2,1-5H3/t22-,24+/m0/s1. The van der Waals surface area contributed by atoms with Crippen molar-refractivity contribution in [2.24, 2.45) is 0 Å². The lowest BCUT2D eigenvalue weighted by Crippen LogP contribution is -2.48. The number of hydrogen-bond donors (Lipinski definition) is 1. The van der Waals surface area contributed by atoms with Gasteiger partial charge in [0.25, 0.3) is 0 Å². The Balaban J connectivity index is 1.69. The summed E-state index contributed by atoms with van der Waals surface area (Å²) >= 11 is 1.76. The van der Waals surface area contributed by atoms with Gasteiger partial charge in [0.15, 0.2) is 0 Å². The van der Waals surface area contributed by atoms with Crippen LogP contribution in [-0.2, 0) is 16.0 Å². The van der Waals surface area contributed by atoms with Crippen LogP contribution in [-0.4, -0.2) is 72.4 Å². The lowest BCUT2D eigenvalue weighted by molar-refractivity contribution is -0.136. The van der Waals surface area contributed by atoms with E-state index in [1.807, 2.05) is 29.7 Å². The van der Waals surface area contributed by atoms with Crippen molar-refractivity contribution in [2.75, 3.05) is 39.4 Å². The second-order valence-corrected chi connectivity index (χ2v) is 10.5. The second-order valence-electron chi connectivity index (χ2n) is 9.50. The molecule has 188 valence electrons. The van der Waals surface area contributed by atoms with Crippen molar-refractivity contribution in [1.82, 2.24) is 9.80 Å². The van der Waals surface area contributed by atoms with Gasteiger partial charge in [-0.15, -0.1) is 11.3 Å². The van der Waals surface area contributed by atoms with Crippen molar-refractivity contribution in [1.29, 1.82) is 0 Å². The number of thiophene rings is 1. The average molecular weight is 489 g/mol. The molecule has 6 nitrogen and oxygen atoms in total. The Morgan fingerprint density at radius 2 is 2.09 bits per heavy atom. The van der Waals surface area contributed by atoms with Gasteiger partial charge in [-0.3, -0.25) is 9.69 Å². The Labute approximate surface area is 208 Å². The number of rotatable bonds is 12. The minimum absolute atomic E-state index is 0.0713. The number of amides is 1. The number of aryl methyl sites for hydroxylation is 2. The summed E-state index contributed by atoms with van der Waals surface area (Å²) in [6.45, 7) is 13.0. The first kappa shape index (κ1) is 26.7. The van der Waals surface area contributed by atoms with Crippen molar-refractivity contribution in [3.05, 3.63) is 51.2 Å². The van der Waals surface area contributed by atoms with Gasteiger partial charge in [-0.25, -0.2) is 0 Å². The van der Waals surface area contributed by atoms with Crippen molar-refractivity contribution in [2.45, 2.75) is 65.7 Å². The molecule has 7 heteroatoms. The molecule has 0 spiro atoms. The van der Waals surface area contributed by atoms with Crippen LogP contribution < -0.4 is 4.74 Å². The van der Waals surface area contributed by atoms with Crippen LogP contribution in [0.2, 0.25) is 0 Å². The van der Waals surface area contributed by atoms with Crippen molar-refractivity contribution >= 4 is 17.2 Å². The maximum atomic E-state index is 13.5. The fraction of sp³-hybridized carbons (Fsp3) is 0.593. The van der Waals surface area contributed by atoms with Crippen molar-refractivity contribution in [3.63, 3.8) is 0 Å². The summed E-state index contributed by atoms with van der Waals surface area (Å²) in [5.74, 6) is 0.942. The van der Waals surface area contributed by atoms with E-state index >= 15 is 0 Å². The number of aliphatic hydroxyl groups is 1. The zero-order valence-electron chi connectivity index (χ0n) is 21.3. The summed E-state index contributed by atoms with van der Waals surface area (Å²) < 4.78 is 11.8. The number of carbonyl (C=O) groups excluding carboxylic acids is 1. The van der Waals surface area contributed by atoms with E-state index in [0.717, 1.165) is 30.7 Å². The molecule has 0 radical (unpaired) electrons. The van der Waals surface area contributed by atoms with Crippen molar-refractivity contribution < 1.29 is 19.4 Å². The molecular formula is C27H40N2O4S. The van der Waals surface area contributed by atoms with E-state index in [9.17, 15) is 9.90 Å². The van der Waals surface area contributed by atoms with Crippen LogP contribution in [0.4, 0.5) is 0 Å². The smallest absolute Gasteiger partial charge is 0.237 e. The first-order chi connectivity index (χ1) is 16.3. The quantitative estimate of drug-likeness (QED) is 0.481. The SMILES string of the molecule is CCCN(CC(=O)N1CCc2sccc2[C@H]1COc1ccc(C)cc1C)C[C@H](O)COC(C)C. The minimum atomic E-state index is -0.616. The molecule has 2 heterocycles. The van der Waals surface area contributed by atoms with Crippen LogP contribution in [0.3, 0.4) is 0 Å². The van der Waals surface area contributed by atoms with Crippen LogP contribution in [0.1, 0.15) is 54.8 Å². The van der Waals surface area contributed by atoms with Crippen LogP contribution in [0, 0.1) is 13.8 Å². The molecule has 1 N–H and O–H groups in total. The summed E-state index contributed by atoms with van der Waals surface area (Å²) in [6.07, 6.45) is 1.24. The predicted molar refractivity (Wildman–Crippen MR) is 138 cm³/mol. The molecule has 2 aromatic rings. The van der Waals surface area contributed by atoms with Crippen LogP contribution in [0.25, 0.3) is 0 Å². The predicted octanol–water partition coefficient (Wildman–Crippen LogP) is 4.37. The molecule has 0 unspecified atom stereocenters. The summed E-state index contributed by atoms with van der Waals surface area (Å²) in [6, 6.07) is 8.20. The number of hydrogen-bond acceptors (Lipinski definition) is 6. The second kappa shape index (κ2) is 12.7. The summed E-state index contributed by atoms with van der Waals surface area (Å²) in [4.78, 5) is 18.9. The zero-order valence-corrected chi connectivity index (χ0v) is 22.1. The number of benzene rings is 1. The third kappa shape index (κ3) is 7.28. The Hall–Kier alpha value is -1.93. The van der Waals surface area contributed by atoms with Gasteiger partial charge in [0.1, 0.15) is 12.4 Å². The van der Waals surface area contributed by atoms with Gasteiger partial charge in [0.2, 0.25) is 5.91 Å². The first-order valence-corrected chi connectivity index (χ1v) is 13.2. The number of ether oxygens (including phenoxy) is 2. The Morgan fingerprint density at radius 1 is 1.29 bits per heavy atom. The summed E-state index contributed by atoms with van der Waals surface area (Å²) in [5.41, 5.74) is 3.50. The number of nitrogens with zero attached hydrogens (tertiary/aromatic N) is 2. The number of fused-ring (bicyclic) bond motifs is 1. The van der Waals surface area contributed by atoms with Gasteiger partial charge in [-0.1, -0.05) is 24.6 Å². The van der Waals surface area contributed by atoms with Gasteiger partial charge in [0.05, 0.1) is 31.4 Å². The minimum Gasteiger partial charge on any atom is -0.491 e. The Morgan fingerprint density at radius 3 is 2.79 bits per heavy atom. The maximum Gasteiger partial charge on any atom is 0.237 e. The molecule has 0 fully saturated rings. The average Bonchev–Trinajstić information content (AvgIpc) is 3.26. The van der Waals surface area contributed by atoms with Gasteiger partial charge in [0, 0.05) is 18.0 Å². The highest BCUT2D eigenvalue weighted by atomic mass is 32.1. The molecule has 0 aliphatic carbocycles. The number of carbonyl (C=O) groups is 1. The zero-order chi connectivity index (χ0) is 24.7. The Bertz CT molecular complexity index is 929. The maximum absolute atomic E-state index is 13.5. The van der Waals surface area contributed by atoms with E-state index in [4.69, 9.17) is 9.47 Å². The van der Waals surface area contributed by atoms with E-state index in [1.165, 1.54) is 16.0 Å². The highest BCUT2D eigenvalue weighted by molar-refractivity contribution is 7.10. The van der Waals surface area contributed by atoms with Crippen LogP contribution in [0.5, 0.6) is 5.75 Å². The third-order valence-electron chi connectivity index (χ3n) is 6.13. The van der Waals surface area contributed by atoms with E-state index in [2.05, 4.69) is 44.4 Å². The van der Waals surface area contributed by atoms with Gasteiger partial charge in [-0.2, -0.15) is 0 Å². The lowest BCUT2D eigenvalue weighted by atomic mass is 10.00. The summed E-state index contributed by atoms with van der Waals surface area (Å²) in [5, 5.41) is 12.5. The van der Waals surface area contributed by atoms with E-state index in [-0.39, 0.29) is 31.2 Å². The molecule has 2 atom stereocenters. The van der Waals surface area contributed by atoms with E-state index in [1.54, 1.807) is 11.3 Å². The lowest BCUT2D eigenvalue weighted by Gasteiger charge is -2.37. The van der Waals surface area contributed by atoms with E-state index in [0.29, 0.717) is 19.7 Å². The summed E-state index contributed by atoms with van der Waals surface area (Å²) in [7, 11) is 0. The van der Waals surface area contributed by atoms with E-state index < -0.39 is 6.10 Å². The molecule has 3 rings (SSSR count). The van der Waals surface area contributed by atoms with Gasteiger partial charge < -0.3 is 19.5 Å². The highest BCUT2D eigenvalue weighted by Crippen LogP contribution is 2.34. The van der Waals surface area contributed by atoms with Crippen molar-refractivity contribution in [3.8, 4) is 5.75 Å². The first-order valence-electron chi connectivity index (χ1n) is 12.4. The fourth-order valence-corrected chi connectivity index (χ4v) is 5.42. The normalized spacial score (nSPS) is 16.7. The van der Waals surface area contributed by atoms with Gasteiger partial charge in [-0.05, 0) is 75.7 Å².